The number of amides is 1. The van der Waals surface area contributed by atoms with E-state index in [1.165, 1.54) is 35.6 Å². The molecule has 0 spiro atoms. The zero-order valence-electron chi connectivity index (χ0n) is 12.8. The molecule has 0 bridgehead atoms. The molecule has 25 heavy (non-hydrogen) atoms. The lowest BCUT2D eigenvalue weighted by Crippen LogP contribution is -2.10. The predicted molar refractivity (Wildman–Crippen MR) is 93.7 cm³/mol. The van der Waals surface area contributed by atoms with E-state index >= 15 is 0 Å². The number of thiophene rings is 1. The van der Waals surface area contributed by atoms with Crippen molar-refractivity contribution in [3.63, 3.8) is 0 Å². The van der Waals surface area contributed by atoms with E-state index < -0.39 is 23.2 Å². The van der Waals surface area contributed by atoms with Crippen molar-refractivity contribution in [1.82, 2.24) is 0 Å². The predicted octanol–water partition coefficient (Wildman–Crippen LogP) is 5.48. The smallest absolute Gasteiger partial charge is 0.248 e. The Bertz CT molecular complexity index is 929. The van der Waals surface area contributed by atoms with Gasteiger partial charge in [-0.1, -0.05) is 24.3 Å². The minimum atomic E-state index is -0.847. The van der Waals surface area contributed by atoms with Gasteiger partial charge >= 0.3 is 0 Å². The number of carbonyl (C=O) groups excluding carboxylic acids is 1. The number of para-hydroxylation sites is 1. The third-order valence-electron chi connectivity index (χ3n) is 3.38. The third kappa shape index (κ3) is 3.97. The minimum absolute atomic E-state index is 0.326. The van der Waals surface area contributed by atoms with Crippen LogP contribution >= 0.6 is 11.3 Å². The number of benzene rings is 2. The maximum absolute atomic E-state index is 13.8. The first kappa shape index (κ1) is 17.0. The first-order valence-corrected chi connectivity index (χ1v) is 8.14. The average molecular weight is 359 g/mol. The van der Waals surface area contributed by atoms with Crippen molar-refractivity contribution in [3.8, 4) is 10.4 Å². The fourth-order valence-corrected chi connectivity index (χ4v) is 3.13. The van der Waals surface area contributed by atoms with Crippen LogP contribution in [0.4, 0.5) is 18.9 Å². The van der Waals surface area contributed by atoms with Crippen molar-refractivity contribution in [2.45, 2.75) is 0 Å². The molecule has 0 fully saturated rings. The van der Waals surface area contributed by atoms with Gasteiger partial charge in [-0.15, -0.1) is 11.3 Å². The Kier molecular flexibility index (Phi) is 5.00. The monoisotopic (exact) mass is 359 g/mol. The van der Waals surface area contributed by atoms with Crippen LogP contribution < -0.4 is 5.32 Å². The lowest BCUT2D eigenvalue weighted by atomic mass is 10.2. The molecule has 2 nitrogen and oxygen atoms in total. The van der Waals surface area contributed by atoms with Crippen LogP contribution in [-0.4, -0.2) is 5.91 Å². The fraction of sp³-hybridized carbons (Fsp3) is 0. The van der Waals surface area contributed by atoms with Gasteiger partial charge in [0.15, 0.2) is 0 Å². The third-order valence-corrected chi connectivity index (χ3v) is 4.46. The van der Waals surface area contributed by atoms with E-state index in [9.17, 15) is 18.0 Å². The van der Waals surface area contributed by atoms with Crippen LogP contribution in [0.5, 0.6) is 0 Å². The van der Waals surface area contributed by atoms with Crippen LogP contribution in [-0.2, 0) is 4.79 Å². The number of halogens is 3. The second-order valence-corrected chi connectivity index (χ2v) is 6.22. The summed E-state index contributed by atoms with van der Waals surface area (Å²) in [5.74, 6) is -2.68. The van der Waals surface area contributed by atoms with E-state index in [1.807, 2.05) is 0 Å². The summed E-state index contributed by atoms with van der Waals surface area (Å²) in [6.45, 7) is 0. The van der Waals surface area contributed by atoms with Crippen LogP contribution in [0.2, 0.25) is 0 Å². The highest BCUT2D eigenvalue weighted by Crippen LogP contribution is 2.30. The van der Waals surface area contributed by atoms with Gasteiger partial charge in [-0.05, 0) is 36.4 Å². The van der Waals surface area contributed by atoms with Gasteiger partial charge in [0.2, 0.25) is 5.91 Å². The molecule has 3 aromatic rings. The van der Waals surface area contributed by atoms with E-state index in [-0.39, 0.29) is 5.82 Å². The quantitative estimate of drug-likeness (QED) is 0.614. The standard InChI is InChI=1S/C19H12F3NOS/c20-14-5-2-1-4-13(14)17-10-8-12(25-17)9-11-18(24)23-19-15(21)6-3-7-16(19)22/h1-11H,(H,23,24)/b11-9+. The molecule has 0 radical (unpaired) electrons. The second-order valence-electron chi connectivity index (χ2n) is 5.10. The Morgan fingerprint density at radius 2 is 1.56 bits per heavy atom. The van der Waals surface area contributed by atoms with Crippen LogP contribution in [0.25, 0.3) is 16.5 Å². The Labute approximate surface area is 146 Å². The summed E-state index contributed by atoms with van der Waals surface area (Å²) in [6.07, 6.45) is 2.67. The second kappa shape index (κ2) is 7.36. The Hall–Kier alpha value is -2.86. The molecule has 2 aromatic carbocycles. The van der Waals surface area contributed by atoms with E-state index in [2.05, 4.69) is 5.32 Å². The van der Waals surface area contributed by atoms with Gasteiger partial charge in [-0.2, -0.15) is 0 Å². The molecule has 1 N–H and O–H groups in total. The molecule has 126 valence electrons. The molecule has 1 aromatic heterocycles. The fourth-order valence-electron chi connectivity index (χ4n) is 2.19. The molecule has 0 aliphatic heterocycles. The number of hydrogen-bond donors (Lipinski definition) is 1. The van der Waals surface area contributed by atoms with Crippen molar-refractivity contribution >= 4 is 29.0 Å². The van der Waals surface area contributed by atoms with Crippen molar-refractivity contribution in [1.29, 1.82) is 0 Å². The maximum atomic E-state index is 13.8. The maximum Gasteiger partial charge on any atom is 0.248 e. The molecule has 0 aliphatic carbocycles. The lowest BCUT2D eigenvalue weighted by Gasteiger charge is -2.04. The topological polar surface area (TPSA) is 29.1 Å². The zero-order valence-corrected chi connectivity index (χ0v) is 13.6. The van der Waals surface area contributed by atoms with Crippen LogP contribution in [0.1, 0.15) is 4.88 Å². The van der Waals surface area contributed by atoms with Gasteiger partial charge in [-0.3, -0.25) is 4.79 Å². The summed E-state index contributed by atoms with van der Waals surface area (Å²) in [5.41, 5.74) is -0.0135. The normalized spacial score (nSPS) is 11.0. The van der Waals surface area contributed by atoms with E-state index in [0.29, 0.717) is 10.4 Å². The molecule has 3 rings (SSSR count). The summed E-state index contributed by atoms with van der Waals surface area (Å²) in [6, 6.07) is 13.2. The van der Waals surface area contributed by atoms with Crippen LogP contribution in [0.15, 0.2) is 60.7 Å². The van der Waals surface area contributed by atoms with Crippen LogP contribution in [0, 0.1) is 17.5 Å². The summed E-state index contributed by atoms with van der Waals surface area (Å²) in [7, 11) is 0. The molecule has 6 heteroatoms. The van der Waals surface area contributed by atoms with Gasteiger partial charge in [0.05, 0.1) is 0 Å². The van der Waals surface area contributed by atoms with Crippen LogP contribution in [0.3, 0.4) is 0 Å². The lowest BCUT2D eigenvalue weighted by molar-refractivity contribution is -0.111. The van der Waals surface area contributed by atoms with Gasteiger partial charge < -0.3 is 5.32 Å². The van der Waals surface area contributed by atoms with Gasteiger partial charge in [0.25, 0.3) is 0 Å². The van der Waals surface area contributed by atoms with Crippen molar-refractivity contribution in [2.24, 2.45) is 0 Å². The molecule has 0 saturated carbocycles. The SMILES string of the molecule is O=C(/C=C/c1ccc(-c2ccccc2F)s1)Nc1c(F)cccc1F. The summed E-state index contributed by atoms with van der Waals surface area (Å²) in [4.78, 5) is 13.3. The zero-order chi connectivity index (χ0) is 17.8. The highest BCUT2D eigenvalue weighted by atomic mass is 32.1. The van der Waals surface area contributed by atoms with Crippen molar-refractivity contribution < 1.29 is 18.0 Å². The average Bonchev–Trinajstić information content (AvgIpc) is 3.06. The number of anilines is 1. The highest BCUT2D eigenvalue weighted by molar-refractivity contribution is 7.16. The van der Waals surface area contributed by atoms with E-state index in [1.54, 1.807) is 30.3 Å². The molecular formula is C19H12F3NOS. The Morgan fingerprint density at radius 3 is 2.28 bits per heavy atom. The number of carbonyl (C=O) groups is 1. The molecule has 0 aliphatic rings. The number of nitrogens with one attached hydrogen (secondary N) is 1. The van der Waals surface area contributed by atoms with Gasteiger partial charge in [-0.25, -0.2) is 13.2 Å². The minimum Gasteiger partial charge on any atom is -0.318 e. The largest absolute Gasteiger partial charge is 0.318 e. The summed E-state index contributed by atoms with van der Waals surface area (Å²) < 4.78 is 40.8. The summed E-state index contributed by atoms with van der Waals surface area (Å²) >= 11 is 1.30. The number of hydrogen-bond acceptors (Lipinski definition) is 2. The number of rotatable bonds is 4. The van der Waals surface area contributed by atoms with E-state index in [0.717, 1.165) is 17.0 Å². The molecule has 1 amide bonds. The molecule has 0 unspecified atom stereocenters. The van der Waals surface area contributed by atoms with E-state index in [4.69, 9.17) is 0 Å². The molecule has 0 atom stereocenters. The Balaban J connectivity index is 1.73. The molecule has 1 heterocycles. The highest BCUT2D eigenvalue weighted by Gasteiger charge is 2.10. The van der Waals surface area contributed by atoms with Crippen molar-refractivity contribution in [3.05, 3.63) is 83.0 Å². The first-order chi connectivity index (χ1) is 12.0. The first-order valence-electron chi connectivity index (χ1n) is 7.32. The molecule has 0 saturated heterocycles. The van der Waals surface area contributed by atoms with Crippen molar-refractivity contribution in [2.75, 3.05) is 5.32 Å². The van der Waals surface area contributed by atoms with Gasteiger partial charge in [0, 0.05) is 21.4 Å². The Morgan fingerprint density at radius 1 is 0.880 bits per heavy atom. The summed E-state index contributed by atoms with van der Waals surface area (Å²) in [5, 5.41) is 2.17. The molecular weight excluding hydrogens is 347 g/mol. The van der Waals surface area contributed by atoms with Gasteiger partial charge in [0.1, 0.15) is 23.1 Å².